The van der Waals surface area contributed by atoms with E-state index >= 15 is 0 Å². The summed E-state index contributed by atoms with van der Waals surface area (Å²) in [7, 11) is 0. The number of aromatic nitrogens is 4. The molecule has 4 rings (SSSR count). The Labute approximate surface area is 179 Å². The highest BCUT2D eigenvalue weighted by Gasteiger charge is 2.25. The molecule has 0 atom stereocenters. The molecule has 1 fully saturated rings. The van der Waals surface area contributed by atoms with Gasteiger partial charge in [0.15, 0.2) is 6.61 Å². The molecule has 2 N–H and O–H groups in total. The van der Waals surface area contributed by atoms with Crippen molar-refractivity contribution in [2.24, 2.45) is 0 Å². The number of hydrogen-bond acceptors (Lipinski definition) is 6. The predicted octanol–water partition coefficient (Wildman–Crippen LogP) is 4.50. The number of carbonyl (C=O) groups is 1. The second kappa shape index (κ2) is 9.55. The Morgan fingerprint density at radius 3 is 3.00 bits per heavy atom. The molecule has 0 bridgehead atoms. The number of terminal acetylenes is 1. The molecule has 0 aromatic carbocycles. The van der Waals surface area contributed by atoms with Gasteiger partial charge in [-0.25, -0.2) is 9.78 Å². The van der Waals surface area contributed by atoms with E-state index < -0.39 is 6.09 Å². The normalized spacial score (nSPS) is 14.2. The first-order valence-electron chi connectivity index (χ1n) is 10.0. The van der Waals surface area contributed by atoms with Crippen molar-refractivity contribution in [2.45, 2.75) is 44.6 Å². The van der Waals surface area contributed by atoms with Crippen molar-refractivity contribution in [3.05, 3.63) is 42.0 Å². The van der Waals surface area contributed by atoms with Crippen LogP contribution in [-0.4, -0.2) is 32.9 Å². The summed E-state index contributed by atoms with van der Waals surface area (Å²) in [4.78, 5) is 21.9. The summed E-state index contributed by atoms with van der Waals surface area (Å²) in [6, 6.07) is 5.91. The fourth-order valence-electron chi connectivity index (χ4n) is 3.68. The molecule has 154 valence electrons. The first-order chi connectivity index (χ1) is 14.7. The minimum atomic E-state index is -0.552. The van der Waals surface area contributed by atoms with Crippen molar-refractivity contribution in [2.75, 3.05) is 6.61 Å². The van der Waals surface area contributed by atoms with Gasteiger partial charge in [-0.2, -0.15) is 5.10 Å². The number of amides is 1. The maximum Gasteiger partial charge on any atom is 0.408 e. The Morgan fingerprint density at radius 1 is 1.37 bits per heavy atom. The number of nitrogens with one attached hydrogen (secondary N) is 2. The highest BCUT2D eigenvalue weighted by molar-refractivity contribution is 7.18. The number of H-pyrrole nitrogens is 1. The zero-order valence-corrected chi connectivity index (χ0v) is 17.4. The van der Waals surface area contributed by atoms with Crippen molar-refractivity contribution < 1.29 is 9.53 Å². The molecule has 0 unspecified atom stereocenters. The number of ether oxygens (including phenoxy) is 1. The first-order valence-corrected chi connectivity index (χ1v) is 10.9. The van der Waals surface area contributed by atoms with E-state index in [-0.39, 0.29) is 13.2 Å². The Hall–Kier alpha value is -3.18. The lowest BCUT2D eigenvalue weighted by atomic mass is 9.86. The molecular weight excluding hydrogens is 398 g/mol. The van der Waals surface area contributed by atoms with Crippen molar-refractivity contribution >= 4 is 17.4 Å². The number of hydrogen-bond donors (Lipinski definition) is 2. The largest absolute Gasteiger partial charge is 0.436 e. The van der Waals surface area contributed by atoms with Crippen LogP contribution in [0, 0.1) is 12.3 Å². The third kappa shape index (κ3) is 4.69. The number of carbonyl (C=O) groups excluding carboxylic acids is 1. The van der Waals surface area contributed by atoms with Crippen LogP contribution in [0.15, 0.2) is 30.6 Å². The van der Waals surface area contributed by atoms with Crippen molar-refractivity contribution in [3.8, 4) is 33.5 Å². The van der Waals surface area contributed by atoms with E-state index in [1.807, 2.05) is 24.4 Å². The Kier molecular flexibility index (Phi) is 6.40. The number of aromatic amines is 1. The summed E-state index contributed by atoms with van der Waals surface area (Å²) in [5.41, 5.74) is 3.77. The third-order valence-electron chi connectivity index (χ3n) is 5.13. The van der Waals surface area contributed by atoms with Gasteiger partial charge in [0.2, 0.25) is 0 Å². The van der Waals surface area contributed by atoms with Gasteiger partial charge in [0.05, 0.1) is 22.8 Å². The second-order valence-electron chi connectivity index (χ2n) is 7.22. The van der Waals surface area contributed by atoms with Gasteiger partial charge in [0, 0.05) is 23.9 Å². The zero-order chi connectivity index (χ0) is 20.8. The van der Waals surface area contributed by atoms with Gasteiger partial charge in [-0.1, -0.05) is 25.2 Å². The van der Waals surface area contributed by atoms with Crippen molar-refractivity contribution in [1.82, 2.24) is 25.5 Å². The molecule has 8 heteroatoms. The summed E-state index contributed by atoms with van der Waals surface area (Å²) in [5.74, 6) is 2.71. The summed E-state index contributed by atoms with van der Waals surface area (Å²) in [5, 5.41) is 11.1. The Morgan fingerprint density at radius 2 is 2.23 bits per heavy atom. The second-order valence-corrected chi connectivity index (χ2v) is 8.22. The molecule has 1 aliphatic rings. The molecule has 0 saturated heterocycles. The molecule has 30 heavy (non-hydrogen) atoms. The molecule has 3 aromatic rings. The van der Waals surface area contributed by atoms with Gasteiger partial charge < -0.3 is 10.1 Å². The zero-order valence-electron chi connectivity index (χ0n) is 16.6. The highest BCUT2D eigenvalue weighted by atomic mass is 32.1. The SMILES string of the molecule is C#CCOC(=O)NCc1cc(-c2sc(-c3cccnc3)nc2C2CCCCC2)n[nH]1. The van der Waals surface area contributed by atoms with Crippen molar-refractivity contribution in [3.63, 3.8) is 0 Å². The predicted molar refractivity (Wildman–Crippen MR) is 116 cm³/mol. The van der Waals surface area contributed by atoms with E-state index in [2.05, 4.69) is 26.4 Å². The molecule has 0 spiro atoms. The topological polar surface area (TPSA) is 92.8 Å². The van der Waals surface area contributed by atoms with Crippen LogP contribution in [0.1, 0.15) is 49.4 Å². The molecule has 3 aromatic heterocycles. The third-order valence-corrected chi connectivity index (χ3v) is 6.27. The van der Waals surface area contributed by atoms with Crippen LogP contribution in [-0.2, 0) is 11.3 Å². The number of thiazole rings is 1. The van der Waals surface area contributed by atoms with Crippen LogP contribution in [0.5, 0.6) is 0 Å². The highest BCUT2D eigenvalue weighted by Crippen LogP contribution is 2.42. The maximum absolute atomic E-state index is 11.6. The molecule has 1 amide bonds. The van der Waals surface area contributed by atoms with Crippen LogP contribution in [0.2, 0.25) is 0 Å². The van der Waals surface area contributed by atoms with Gasteiger partial charge in [0.25, 0.3) is 0 Å². The fourth-order valence-corrected chi connectivity index (χ4v) is 4.78. The number of nitrogens with zero attached hydrogens (tertiary/aromatic N) is 3. The Balaban J connectivity index is 1.58. The minimum Gasteiger partial charge on any atom is -0.436 e. The maximum atomic E-state index is 11.6. The molecular formula is C22H23N5O2S. The van der Waals surface area contributed by atoms with Crippen LogP contribution in [0.3, 0.4) is 0 Å². The summed E-state index contributed by atoms with van der Waals surface area (Å²) >= 11 is 1.64. The van der Waals surface area contributed by atoms with Crippen LogP contribution >= 0.6 is 11.3 Å². The molecule has 0 aliphatic heterocycles. The lowest BCUT2D eigenvalue weighted by Crippen LogP contribution is -2.24. The standard InChI is InChI=1S/C22H23N5O2S/c1-2-11-29-22(28)24-14-17-12-18(27-26-17)20-19(15-7-4-3-5-8-15)25-21(30-20)16-9-6-10-23-13-16/h1,6,9-10,12-13,15H,3-5,7-8,11,14H2,(H,24,28)(H,26,27). The van der Waals surface area contributed by atoms with E-state index in [9.17, 15) is 4.79 Å². The lowest BCUT2D eigenvalue weighted by molar-refractivity contribution is 0.159. The van der Waals surface area contributed by atoms with Crippen LogP contribution in [0.4, 0.5) is 4.79 Å². The van der Waals surface area contributed by atoms with Crippen LogP contribution in [0.25, 0.3) is 21.1 Å². The van der Waals surface area contributed by atoms with E-state index in [1.54, 1.807) is 17.5 Å². The van der Waals surface area contributed by atoms with Gasteiger partial charge >= 0.3 is 6.09 Å². The molecule has 1 saturated carbocycles. The quantitative estimate of drug-likeness (QED) is 0.572. The summed E-state index contributed by atoms with van der Waals surface area (Å²) < 4.78 is 4.82. The van der Waals surface area contributed by atoms with E-state index in [1.165, 1.54) is 19.3 Å². The van der Waals surface area contributed by atoms with Gasteiger partial charge in [0.1, 0.15) is 10.7 Å². The first kappa shape index (κ1) is 20.1. The number of rotatable bonds is 6. The van der Waals surface area contributed by atoms with E-state index in [0.717, 1.165) is 45.4 Å². The molecule has 0 radical (unpaired) electrons. The Bertz CT molecular complexity index is 1030. The van der Waals surface area contributed by atoms with Gasteiger partial charge in [-0.15, -0.1) is 17.8 Å². The molecule has 7 nitrogen and oxygen atoms in total. The van der Waals surface area contributed by atoms with Crippen molar-refractivity contribution in [1.29, 1.82) is 0 Å². The molecule has 1 aliphatic carbocycles. The average Bonchev–Trinajstić information content (AvgIpc) is 3.45. The van der Waals surface area contributed by atoms with Gasteiger partial charge in [-0.3, -0.25) is 10.1 Å². The summed E-state index contributed by atoms with van der Waals surface area (Å²) in [6.07, 6.45) is 14.2. The van der Waals surface area contributed by atoms with E-state index in [4.69, 9.17) is 16.1 Å². The van der Waals surface area contributed by atoms with Crippen LogP contribution < -0.4 is 5.32 Å². The van der Waals surface area contributed by atoms with Gasteiger partial charge in [-0.05, 0) is 31.0 Å². The molecule has 3 heterocycles. The lowest BCUT2D eigenvalue weighted by Gasteiger charge is -2.20. The van der Waals surface area contributed by atoms with E-state index in [0.29, 0.717) is 5.92 Å². The average molecular weight is 422 g/mol. The monoisotopic (exact) mass is 421 g/mol. The number of alkyl carbamates (subject to hydrolysis) is 1. The smallest absolute Gasteiger partial charge is 0.408 e. The minimum absolute atomic E-state index is 0.0528. The summed E-state index contributed by atoms with van der Waals surface area (Å²) in [6.45, 7) is 0.228. The number of pyridine rings is 1. The fraction of sp³-hybridized carbons (Fsp3) is 0.364.